The SMILES string of the molecule is COc1ccc(C(=O)Nc2ccccn2)cc1S(C)(=O)=O. The lowest BCUT2D eigenvalue weighted by Gasteiger charge is -2.09. The van der Waals surface area contributed by atoms with Crippen LogP contribution in [0.15, 0.2) is 47.5 Å². The molecule has 2 rings (SSSR count). The van der Waals surface area contributed by atoms with Crippen LogP contribution in [0.2, 0.25) is 0 Å². The number of amides is 1. The van der Waals surface area contributed by atoms with E-state index in [1.807, 2.05) is 0 Å². The first-order valence-corrected chi connectivity index (χ1v) is 7.91. The van der Waals surface area contributed by atoms with Crippen molar-refractivity contribution in [1.82, 2.24) is 4.98 Å². The number of pyridine rings is 1. The number of anilines is 1. The molecule has 0 saturated carbocycles. The highest BCUT2D eigenvalue weighted by Gasteiger charge is 2.17. The standard InChI is InChI=1S/C14H14N2O4S/c1-20-11-7-6-10(9-12(11)21(2,18)19)14(17)16-13-5-3-4-8-15-13/h3-9H,1-2H3,(H,15,16,17). The van der Waals surface area contributed by atoms with Gasteiger partial charge in [0.25, 0.3) is 5.91 Å². The lowest BCUT2D eigenvalue weighted by atomic mass is 10.2. The molecule has 0 aliphatic heterocycles. The van der Waals surface area contributed by atoms with Crippen LogP contribution >= 0.6 is 0 Å². The van der Waals surface area contributed by atoms with Gasteiger partial charge in [0, 0.05) is 18.0 Å². The minimum absolute atomic E-state index is 0.0290. The molecule has 0 saturated heterocycles. The van der Waals surface area contributed by atoms with E-state index < -0.39 is 15.7 Å². The number of sulfone groups is 1. The maximum atomic E-state index is 12.1. The number of aromatic nitrogens is 1. The van der Waals surface area contributed by atoms with Gasteiger partial charge in [-0.2, -0.15) is 0 Å². The van der Waals surface area contributed by atoms with Gasteiger partial charge in [-0.15, -0.1) is 0 Å². The summed E-state index contributed by atoms with van der Waals surface area (Å²) in [6.07, 6.45) is 2.61. The fourth-order valence-corrected chi connectivity index (χ4v) is 2.59. The summed E-state index contributed by atoms with van der Waals surface area (Å²) in [5.74, 6) is 0.146. The Kier molecular flexibility index (Phi) is 4.23. The third kappa shape index (κ3) is 3.57. The second-order valence-electron chi connectivity index (χ2n) is 4.31. The first kappa shape index (κ1) is 15.0. The van der Waals surface area contributed by atoms with Gasteiger partial charge in [-0.05, 0) is 30.3 Å². The summed E-state index contributed by atoms with van der Waals surface area (Å²) in [6.45, 7) is 0. The van der Waals surface area contributed by atoms with Gasteiger partial charge in [-0.1, -0.05) is 6.07 Å². The van der Waals surface area contributed by atoms with E-state index in [0.717, 1.165) is 6.26 Å². The fourth-order valence-electron chi connectivity index (χ4n) is 1.73. The Labute approximate surface area is 122 Å². The number of hydrogen-bond donors (Lipinski definition) is 1. The van der Waals surface area contributed by atoms with E-state index in [1.165, 1.54) is 25.3 Å². The van der Waals surface area contributed by atoms with Crippen molar-refractivity contribution in [1.29, 1.82) is 0 Å². The molecule has 1 aromatic heterocycles. The van der Waals surface area contributed by atoms with Crippen LogP contribution in [0, 0.1) is 0 Å². The van der Waals surface area contributed by atoms with Crippen molar-refractivity contribution in [2.75, 3.05) is 18.7 Å². The molecule has 0 radical (unpaired) electrons. The second-order valence-corrected chi connectivity index (χ2v) is 6.29. The van der Waals surface area contributed by atoms with Crippen LogP contribution in [0.25, 0.3) is 0 Å². The van der Waals surface area contributed by atoms with E-state index >= 15 is 0 Å². The third-order valence-corrected chi connectivity index (χ3v) is 3.85. The van der Waals surface area contributed by atoms with Gasteiger partial charge in [0.2, 0.25) is 0 Å². The van der Waals surface area contributed by atoms with Crippen molar-refractivity contribution >= 4 is 21.6 Å². The molecule has 7 heteroatoms. The van der Waals surface area contributed by atoms with Crippen LogP contribution in [-0.4, -0.2) is 32.7 Å². The monoisotopic (exact) mass is 306 g/mol. The third-order valence-electron chi connectivity index (χ3n) is 2.73. The molecule has 0 aliphatic rings. The maximum absolute atomic E-state index is 12.1. The van der Waals surface area contributed by atoms with Gasteiger partial charge in [-0.3, -0.25) is 4.79 Å². The minimum Gasteiger partial charge on any atom is -0.495 e. The Hall–Kier alpha value is -2.41. The summed E-state index contributed by atoms with van der Waals surface area (Å²) < 4.78 is 28.4. The van der Waals surface area contributed by atoms with Crippen LogP contribution in [0.3, 0.4) is 0 Å². The molecule has 110 valence electrons. The maximum Gasteiger partial charge on any atom is 0.256 e. The Morgan fingerprint density at radius 1 is 1.24 bits per heavy atom. The van der Waals surface area contributed by atoms with Gasteiger partial charge in [0.1, 0.15) is 16.5 Å². The Bertz CT molecular complexity index is 758. The van der Waals surface area contributed by atoms with Gasteiger partial charge in [-0.25, -0.2) is 13.4 Å². The van der Waals surface area contributed by atoms with Crippen LogP contribution in [-0.2, 0) is 9.84 Å². The van der Waals surface area contributed by atoms with E-state index in [4.69, 9.17) is 4.74 Å². The van der Waals surface area contributed by atoms with Crippen molar-refractivity contribution < 1.29 is 17.9 Å². The zero-order valence-corrected chi connectivity index (χ0v) is 12.3. The molecule has 2 aromatic rings. The number of nitrogens with zero attached hydrogens (tertiary/aromatic N) is 1. The average molecular weight is 306 g/mol. The minimum atomic E-state index is -3.50. The van der Waals surface area contributed by atoms with Crippen molar-refractivity contribution in [3.8, 4) is 5.75 Å². The van der Waals surface area contributed by atoms with Crippen molar-refractivity contribution in [2.45, 2.75) is 4.90 Å². The molecular formula is C14H14N2O4S. The highest BCUT2D eigenvalue weighted by Crippen LogP contribution is 2.25. The number of hydrogen-bond acceptors (Lipinski definition) is 5. The molecule has 1 amide bonds. The predicted octanol–water partition coefficient (Wildman–Crippen LogP) is 1.75. The number of nitrogens with one attached hydrogen (secondary N) is 1. The van der Waals surface area contributed by atoms with Crippen LogP contribution in [0.4, 0.5) is 5.82 Å². The molecule has 1 aromatic carbocycles. The molecule has 0 fully saturated rings. The number of carbonyl (C=O) groups is 1. The largest absolute Gasteiger partial charge is 0.495 e. The number of rotatable bonds is 4. The molecule has 1 heterocycles. The summed E-state index contributed by atoms with van der Waals surface area (Å²) in [6, 6.07) is 9.32. The van der Waals surface area contributed by atoms with Crippen LogP contribution in [0.5, 0.6) is 5.75 Å². The van der Waals surface area contributed by atoms with Gasteiger partial charge >= 0.3 is 0 Å². The fraction of sp³-hybridized carbons (Fsp3) is 0.143. The smallest absolute Gasteiger partial charge is 0.256 e. The molecule has 0 atom stereocenters. The molecule has 0 unspecified atom stereocenters. The molecule has 21 heavy (non-hydrogen) atoms. The Morgan fingerprint density at radius 3 is 2.57 bits per heavy atom. The lowest BCUT2D eigenvalue weighted by Crippen LogP contribution is -2.14. The predicted molar refractivity (Wildman–Crippen MR) is 78.3 cm³/mol. The van der Waals surface area contributed by atoms with E-state index in [-0.39, 0.29) is 16.2 Å². The second kappa shape index (κ2) is 5.92. The van der Waals surface area contributed by atoms with Crippen molar-refractivity contribution in [2.24, 2.45) is 0 Å². The topological polar surface area (TPSA) is 85.4 Å². The number of benzene rings is 1. The van der Waals surface area contributed by atoms with Gasteiger partial charge in [0.05, 0.1) is 7.11 Å². The molecule has 1 N–H and O–H groups in total. The average Bonchev–Trinajstić information content (AvgIpc) is 2.46. The molecule has 0 aliphatic carbocycles. The van der Waals surface area contributed by atoms with E-state index in [0.29, 0.717) is 5.82 Å². The summed E-state index contributed by atoms with van der Waals surface area (Å²) in [5, 5.41) is 2.59. The Balaban J connectivity index is 2.35. The molecule has 6 nitrogen and oxygen atoms in total. The number of carbonyl (C=O) groups excluding carboxylic acids is 1. The van der Waals surface area contributed by atoms with E-state index in [2.05, 4.69) is 10.3 Å². The quantitative estimate of drug-likeness (QED) is 0.930. The molecular weight excluding hydrogens is 292 g/mol. The van der Waals surface area contributed by atoms with Gasteiger partial charge < -0.3 is 10.1 Å². The van der Waals surface area contributed by atoms with Gasteiger partial charge in [0.15, 0.2) is 9.84 Å². The summed E-state index contributed by atoms with van der Waals surface area (Å²) in [4.78, 5) is 16.1. The molecule has 0 bridgehead atoms. The zero-order chi connectivity index (χ0) is 15.5. The van der Waals surface area contributed by atoms with Crippen molar-refractivity contribution in [3.63, 3.8) is 0 Å². The lowest BCUT2D eigenvalue weighted by molar-refractivity contribution is 0.102. The summed E-state index contributed by atoms with van der Waals surface area (Å²) in [5.41, 5.74) is 0.210. The normalized spacial score (nSPS) is 11.0. The Morgan fingerprint density at radius 2 is 2.00 bits per heavy atom. The van der Waals surface area contributed by atoms with E-state index in [9.17, 15) is 13.2 Å². The zero-order valence-electron chi connectivity index (χ0n) is 11.5. The summed E-state index contributed by atoms with van der Waals surface area (Å²) in [7, 11) is -2.12. The number of ether oxygens (including phenoxy) is 1. The van der Waals surface area contributed by atoms with Crippen LogP contribution in [0.1, 0.15) is 10.4 Å². The highest BCUT2D eigenvalue weighted by molar-refractivity contribution is 7.90. The van der Waals surface area contributed by atoms with Crippen LogP contribution < -0.4 is 10.1 Å². The van der Waals surface area contributed by atoms with Crippen molar-refractivity contribution in [3.05, 3.63) is 48.2 Å². The first-order valence-electron chi connectivity index (χ1n) is 6.02. The number of methoxy groups -OCH3 is 1. The summed E-state index contributed by atoms with van der Waals surface area (Å²) >= 11 is 0. The van der Waals surface area contributed by atoms with E-state index in [1.54, 1.807) is 24.4 Å². The molecule has 0 spiro atoms. The highest BCUT2D eigenvalue weighted by atomic mass is 32.2. The first-order chi connectivity index (χ1) is 9.91.